The van der Waals surface area contributed by atoms with Crippen LogP contribution in [-0.4, -0.2) is 11.7 Å². The van der Waals surface area contributed by atoms with Gasteiger partial charge in [0.1, 0.15) is 11.3 Å². The van der Waals surface area contributed by atoms with Crippen LogP contribution < -0.4 is 5.73 Å². The molecule has 0 aromatic heterocycles. The zero-order valence-electron chi connectivity index (χ0n) is 11.0. The summed E-state index contributed by atoms with van der Waals surface area (Å²) in [5, 5.41) is 0.585. The average molecular weight is 286 g/mol. The molecule has 2 atom stereocenters. The number of rotatable bonds is 4. The third-order valence-corrected chi connectivity index (χ3v) is 3.72. The number of carbonyl (C=O) groups excluding carboxylic acids is 1. The Morgan fingerprint density at radius 3 is 2.63 bits per heavy atom. The maximum Gasteiger partial charge on any atom is 0.405 e. The number of carbonyl (C=O) groups is 1. The molecule has 0 saturated heterocycles. The molecule has 1 aromatic rings. The average Bonchev–Trinajstić information content (AvgIpc) is 2.88. The van der Waals surface area contributed by atoms with Crippen LogP contribution in [0, 0.1) is 5.92 Å². The molecular formula is C14H17ClFNO2. The second kappa shape index (κ2) is 4.67. The summed E-state index contributed by atoms with van der Waals surface area (Å²) in [4.78, 5) is 10.8. The predicted octanol–water partition coefficient (Wildman–Crippen LogP) is 3.79. The predicted molar refractivity (Wildman–Crippen MR) is 71.7 cm³/mol. The lowest BCUT2D eigenvalue weighted by Crippen LogP contribution is -2.32. The number of benzene rings is 1. The lowest BCUT2D eigenvalue weighted by atomic mass is 9.97. The number of nitrogens with two attached hydrogens (primary N) is 1. The zero-order chi connectivity index (χ0) is 14.3. The van der Waals surface area contributed by atoms with Crippen LogP contribution in [0.4, 0.5) is 9.18 Å². The molecule has 0 heterocycles. The van der Waals surface area contributed by atoms with Gasteiger partial charge in [-0.1, -0.05) is 23.7 Å². The zero-order valence-corrected chi connectivity index (χ0v) is 11.7. The number of amides is 1. The van der Waals surface area contributed by atoms with Gasteiger partial charge in [0.15, 0.2) is 0 Å². The Labute approximate surface area is 116 Å². The minimum absolute atomic E-state index is 0.164. The Balaban J connectivity index is 2.03. The van der Waals surface area contributed by atoms with Crippen molar-refractivity contribution in [3.63, 3.8) is 0 Å². The van der Waals surface area contributed by atoms with E-state index in [2.05, 4.69) is 0 Å². The molecule has 0 bridgehead atoms. The highest BCUT2D eigenvalue weighted by Crippen LogP contribution is 2.59. The van der Waals surface area contributed by atoms with Gasteiger partial charge in [0.25, 0.3) is 0 Å². The van der Waals surface area contributed by atoms with Crippen molar-refractivity contribution in [2.24, 2.45) is 11.7 Å². The van der Waals surface area contributed by atoms with Crippen LogP contribution in [0.3, 0.4) is 0 Å². The van der Waals surface area contributed by atoms with Crippen molar-refractivity contribution in [1.82, 2.24) is 0 Å². The van der Waals surface area contributed by atoms with Crippen molar-refractivity contribution in [1.29, 1.82) is 0 Å². The molecular weight excluding hydrogens is 269 g/mol. The molecule has 104 valence electrons. The molecule has 2 N–H and O–H groups in total. The van der Waals surface area contributed by atoms with E-state index in [1.165, 1.54) is 0 Å². The summed E-state index contributed by atoms with van der Waals surface area (Å²) in [6.07, 6.45) is 0.0384. The van der Waals surface area contributed by atoms with E-state index >= 15 is 0 Å². The summed E-state index contributed by atoms with van der Waals surface area (Å²) >= 11 is 5.79. The molecule has 2 unspecified atom stereocenters. The molecule has 0 radical (unpaired) electrons. The number of primary amides is 1. The van der Waals surface area contributed by atoms with Crippen LogP contribution in [-0.2, 0) is 10.4 Å². The monoisotopic (exact) mass is 285 g/mol. The smallest absolute Gasteiger partial charge is 0.405 e. The van der Waals surface area contributed by atoms with Crippen LogP contribution in [0.15, 0.2) is 24.3 Å². The van der Waals surface area contributed by atoms with Crippen LogP contribution in [0.25, 0.3) is 0 Å². The van der Waals surface area contributed by atoms with Gasteiger partial charge < -0.3 is 10.5 Å². The maximum absolute atomic E-state index is 14.7. The Bertz CT molecular complexity index is 489. The third-order valence-electron chi connectivity index (χ3n) is 3.47. The first kappa shape index (κ1) is 14.1. The van der Waals surface area contributed by atoms with Gasteiger partial charge >= 0.3 is 6.09 Å². The van der Waals surface area contributed by atoms with E-state index in [0.29, 0.717) is 23.4 Å². The van der Waals surface area contributed by atoms with E-state index in [0.717, 1.165) is 0 Å². The summed E-state index contributed by atoms with van der Waals surface area (Å²) in [5.41, 5.74) is 3.52. The van der Waals surface area contributed by atoms with Crippen LogP contribution >= 0.6 is 11.6 Å². The van der Waals surface area contributed by atoms with Crippen molar-refractivity contribution in [3.05, 3.63) is 34.9 Å². The maximum atomic E-state index is 14.7. The highest BCUT2D eigenvalue weighted by molar-refractivity contribution is 6.30. The summed E-state index contributed by atoms with van der Waals surface area (Å²) in [5.74, 6) is -0.164. The fraction of sp³-hybridized carbons (Fsp3) is 0.500. The van der Waals surface area contributed by atoms with Gasteiger partial charge in [0.05, 0.1) is 0 Å². The first-order valence-corrected chi connectivity index (χ1v) is 6.54. The van der Waals surface area contributed by atoms with Gasteiger partial charge in [0.2, 0.25) is 0 Å². The van der Waals surface area contributed by atoms with Gasteiger partial charge in [-0.05, 0) is 44.4 Å². The summed E-state index contributed by atoms with van der Waals surface area (Å²) in [7, 11) is 0. The summed E-state index contributed by atoms with van der Waals surface area (Å²) in [6, 6.07) is 6.76. The Hall–Kier alpha value is -1.29. The van der Waals surface area contributed by atoms with Crippen molar-refractivity contribution >= 4 is 17.7 Å². The molecule has 3 nitrogen and oxygen atoms in total. The van der Waals surface area contributed by atoms with Crippen LogP contribution in [0.2, 0.25) is 5.02 Å². The molecule has 1 aromatic carbocycles. The van der Waals surface area contributed by atoms with Crippen molar-refractivity contribution in [3.8, 4) is 0 Å². The van der Waals surface area contributed by atoms with Crippen LogP contribution in [0.1, 0.15) is 32.3 Å². The minimum atomic E-state index is -1.34. The van der Waals surface area contributed by atoms with Gasteiger partial charge in [-0.25, -0.2) is 9.18 Å². The number of alkyl halides is 1. The van der Waals surface area contributed by atoms with Gasteiger partial charge in [-0.3, -0.25) is 0 Å². The highest BCUT2D eigenvalue weighted by atomic mass is 35.5. The summed E-state index contributed by atoms with van der Waals surface area (Å²) in [6.45, 7) is 3.47. The van der Waals surface area contributed by atoms with Crippen molar-refractivity contribution in [2.75, 3.05) is 0 Å². The number of ether oxygens (including phenoxy) is 1. The lowest BCUT2D eigenvalue weighted by molar-refractivity contribution is 0.0300. The third kappa shape index (κ3) is 3.18. The molecule has 1 saturated carbocycles. The van der Waals surface area contributed by atoms with E-state index in [4.69, 9.17) is 22.1 Å². The van der Waals surface area contributed by atoms with E-state index in [1.54, 1.807) is 38.1 Å². The standard InChI is InChI=1S/C14H17ClFNO2/c1-13(2,19-12(17)18)7-10-8-14(10,16)9-3-5-11(15)6-4-9/h3-6,10H,7-8H2,1-2H3,(H2,17,18). The Kier molecular flexibility index (Phi) is 3.47. The van der Waals surface area contributed by atoms with Gasteiger partial charge in [-0.15, -0.1) is 0 Å². The second-order valence-corrected chi connectivity index (χ2v) is 6.09. The second-order valence-electron chi connectivity index (χ2n) is 5.66. The molecule has 1 aliphatic rings. The molecule has 0 aliphatic heterocycles. The lowest BCUT2D eigenvalue weighted by Gasteiger charge is -2.24. The minimum Gasteiger partial charge on any atom is -0.444 e. The van der Waals surface area contributed by atoms with E-state index in [9.17, 15) is 9.18 Å². The van der Waals surface area contributed by atoms with Crippen molar-refractivity contribution in [2.45, 2.75) is 38.0 Å². The highest BCUT2D eigenvalue weighted by Gasteiger charge is 2.58. The quantitative estimate of drug-likeness (QED) is 0.915. The topological polar surface area (TPSA) is 52.3 Å². The molecule has 5 heteroatoms. The van der Waals surface area contributed by atoms with E-state index < -0.39 is 17.4 Å². The van der Waals surface area contributed by atoms with Crippen molar-refractivity contribution < 1.29 is 13.9 Å². The van der Waals surface area contributed by atoms with E-state index in [1.807, 2.05) is 0 Å². The van der Waals surface area contributed by atoms with Crippen LogP contribution in [0.5, 0.6) is 0 Å². The molecule has 1 aliphatic carbocycles. The molecule has 1 fully saturated rings. The first-order valence-electron chi connectivity index (χ1n) is 6.16. The number of hydrogen-bond acceptors (Lipinski definition) is 2. The molecule has 2 rings (SSSR count). The Morgan fingerprint density at radius 1 is 1.53 bits per heavy atom. The van der Waals surface area contributed by atoms with E-state index in [-0.39, 0.29) is 5.92 Å². The normalized spacial score (nSPS) is 26.0. The summed E-state index contributed by atoms with van der Waals surface area (Å²) < 4.78 is 19.7. The Morgan fingerprint density at radius 2 is 2.11 bits per heavy atom. The molecule has 1 amide bonds. The largest absolute Gasteiger partial charge is 0.444 e. The SMILES string of the molecule is CC(C)(CC1CC1(F)c1ccc(Cl)cc1)OC(N)=O. The fourth-order valence-corrected chi connectivity index (χ4v) is 2.65. The molecule has 19 heavy (non-hydrogen) atoms. The van der Waals surface area contributed by atoms with Gasteiger partial charge in [-0.2, -0.15) is 0 Å². The number of halogens is 2. The number of hydrogen-bond donors (Lipinski definition) is 1. The van der Waals surface area contributed by atoms with Gasteiger partial charge in [0, 0.05) is 10.9 Å². The fourth-order valence-electron chi connectivity index (χ4n) is 2.52. The molecule has 0 spiro atoms. The first-order chi connectivity index (χ1) is 8.73.